The fraction of sp³-hybridized carbons (Fsp3) is 0.692. The lowest BCUT2D eigenvalue weighted by atomic mass is 9.78. The van der Waals surface area contributed by atoms with E-state index < -0.39 is 0 Å². The van der Waals surface area contributed by atoms with Gasteiger partial charge in [-0.15, -0.1) is 0 Å². The van der Waals surface area contributed by atoms with Gasteiger partial charge in [0.15, 0.2) is 11.6 Å². The first-order chi connectivity index (χ1) is 8.63. The number of anilines is 2. The maximum absolute atomic E-state index is 5.78. The predicted octanol–water partition coefficient (Wildman–Crippen LogP) is 2.30. The van der Waals surface area contributed by atoms with Crippen LogP contribution in [0.3, 0.4) is 0 Å². The number of hydrogen-bond donors (Lipinski definition) is 2. The maximum Gasteiger partial charge on any atom is 0.203 e. The highest BCUT2D eigenvalue weighted by Gasteiger charge is 2.28. The van der Waals surface area contributed by atoms with E-state index in [4.69, 9.17) is 10.5 Å². The zero-order chi connectivity index (χ0) is 13.1. The summed E-state index contributed by atoms with van der Waals surface area (Å²) in [7, 11) is 1.59. The molecule has 0 radical (unpaired) electrons. The van der Waals surface area contributed by atoms with Gasteiger partial charge in [-0.2, -0.15) is 0 Å². The first kappa shape index (κ1) is 12.9. The minimum absolute atomic E-state index is 0.381. The molecule has 0 spiro atoms. The van der Waals surface area contributed by atoms with Crippen molar-refractivity contribution in [3.05, 3.63) is 6.33 Å². The average molecular weight is 250 g/mol. The van der Waals surface area contributed by atoms with Gasteiger partial charge in [0.1, 0.15) is 6.33 Å². The van der Waals surface area contributed by atoms with E-state index in [9.17, 15) is 0 Å². The van der Waals surface area contributed by atoms with Crippen LogP contribution in [0.15, 0.2) is 6.33 Å². The largest absolute Gasteiger partial charge is 0.490 e. The van der Waals surface area contributed by atoms with Crippen LogP contribution in [-0.2, 0) is 0 Å². The first-order valence-corrected chi connectivity index (χ1v) is 6.54. The van der Waals surface area contributed by atoms with Gasteiger partial charge in [0.2, 0.25) is 5.75 Å². The normalized spacial score (nSPS) is 27.8. The highest BCUT2D eigenvalue weighted by atomic mass is 16.5. The SMILES string of the molecule is COc1c(N)ncnc1NC1CCCC(C)C1C. The summed E-state index contributed by atoms with van der Waals surface area (Å²) in [4.78, 5) is 8.18. The monoisotopic (exact) mass is 250 g/mol. The van der Waals surface area contributed by atoms with E-state index in [1.807, 2.05) is 0 Å². The molecule has 100 valence electrons. The van der Waals surface area contributed by atoms with Crippen molar-refractivity contribution in [2.24, 2.45) is 11.8 Å². The highest BCUT2D eigenvalue weighted by Crippen LogP contribution is 2.34. The molecule has 18 heavy (non-hydrogen) atoms. The second-order valence-electron chi connectivity index (χ2n) is 5.16. The van der Waals surface area contributed by atoms with Gasteiger partial charge in [0.05, 0.1) is 7.11 Å². The Morgan fingerprint density at radius 1 is 1.33 bits per heavy atom. The van der Waals surface area contributed by atoms with Crippen molar-refractivity contribution in [1.29, 1.82) is 0 Å². The molecule has 1 saturated carbocycles. The summed E-state index contributed by atoms with van der Waals surface area (Å²) in [5.41, 5.74) is 5.78. The molecule has 0 aromatic carbocycles. The van der Waals surface area contributed by atoms with Gasteiger partial charge in [-0.25, -0.2) is 9.97 Å². The molecule has 1 heterocycles. The Morgan fingerprint density at radius 3 is 2.83 bits per heavy atom. The summed E-state index contributed by atoms with van der Waals surface area (Å²) in [6.45, 7) is 4.60. The minimum Gasteiger partial charge on any atom is -0.490 e. The van der Waals surface area contributed by atoms with Gasteiger partial charge < -0.3 is 15.8 Å². The van der Waals surface area contributed by atoms with Crippen LogP contribution < -0.4 is 15.8 Å². The molecular formula is C13H22N4O. The van der Waals surface area contributed by atoms with Crippen molar-refractivity contribution in [3.8, 4) is 5.75 Å². The van der Waals surface area contributed by atoms with Crippen LogP contribution in [0.4, 0.5) is 11.6 Å². The van der Waals surface area contributed by atoms with Crippen LogP contribution in [0, 0.1) is 11.8 Å². The minimum atomic E-state index is 0.381. The standard InChI is InChI=1S/C13H22N4O/c1-8-5-4-6-10(9(8)2)17-13-11(18-3)12(14)15-7-16-13/h7-10H,4-6H2,1-3H3,(H3,14,15,16,17). The second kappa shape index (κ2) is 5.42. The summed E-state index contributed by atoms with van der Waals surface area (Å²) in [5.74, 6) is 2.99. The Balaban J connectivity index is 2.16. The molecule has 5 heteroatoms. The van der Waals surface area contributed by atoms with E-state index in [1.165, 1.54) is 25.6 Å². The van der Waals surface area contributed by atoms with Crippen LogP contribution in [0.1, 0.15) is 33.1 Å². The fourth-order valence-electron chi connectivity index (χ4n) is 2.65. The lowest BCUT2D eigenvalue weighted by Gasteiger charge is -2.35. The molecule has 3 atom stereocenters. The third-order valence-corrected chi connectivity index (χ3v) is 4.06. The molecule has 1 fully saturated rings. The lowest BCUT2D eigenvalue weighted by molar-refractivity contribution is 0.252. The molecule has 3 unspecified atom stereocenters. The average Bonchev–Trinajstić information content (AvgIpc) is 2.35. The number of nitrogens with one attached hydrogen (secondary N) is 1. The van der Waals surface area contributed by atoms with E-state index in [1.54, 1.807) is 7.11 Å². The summed E-state index contributed by atoms with van der Waals surface area (Å²) in [5, 5.41) is 3.47. The molecule has 1 aromatic rings. The third kappa shape index (κ3) is 2.49. The van der Waals surface area contributed by atoms with E-state index in [0.717, 1.165) is 5.92 Å². The van der Waals surface area contributed by atoms with Gasteiger partial charge in [-0.3, -0.25) is 0 Å². The van der Waals surface area contributed by atoms with Crippen LogP contribution in [0.2, 0.25) is 0 Å². The number of aromatic nitrogens is 2. The van der Waals surface area contributed by atoms with E-state index in [-0.39, 0.29) is 0 Å². The molecule has 0 amide bonds. The lowest BCUT2D eigenvalue weighted by Crippen LogP contribution is -2.35. The summed E-state index contributed by atoms with van der Waals surface area (Å²) in [6.07, 6.45) is 5.20. The molecular weight excluding hydrogens is 228 g/mol. The Bertz CT molecular complexity index is 410. The Morgan fingerprint density at radius 2 is 2.11 bits per heavy atom. The summed E-state index contributed by atoms with van der Waals surface area (Å²) in [6, 6.07) is 0.428. The number of nitrogens with two attached hydrogens (primary N) is 1. The fourth-order valence-corrected chi connectivity index (χ4v) is 2.65. The summed E-state index contributed by atoms with van der Waals surface area (Å²) >= 11 is 0. The molecule has 1 aromatic heterocycles. The van der Waals surface area contributed by atoms with Crippen LogP contribution >= 0.6 is 0 Å². The molecule has 0 saturated heterocycles. The van der Waals surface area contributed by atoms with Crippen molar-refractivity contribution in [2.45, 2.75) is 39.2 Å². The first-order valence-electron chi connectivity index (χ1n) is 6.54. The summed E-state index contributed by atoms with van der Waals surface area (Å²) < 4.78 is 5.27. The van der Waals surface area contributed by atoms with Crippen molar-refractivity contribution in [2.75, 3.05) is 18.2 Å². The van der Waals surface area contributed by atoms with Crippen LogP contribution in [0.5, 0.6) is 5.75 Å². The van der Waals surface area contributed by atoms with Crippen LogP contribution in [0.25, 0.3) is 0 Å². The maximum atomic E-state index is 5.78. The number of methoxy groups -OCH3 is 1. The molecule has 5 nitrogen and oxygen atoms in total. The zero-order valence-corrected chi connectivity index (χ0v) is 11.3. The number of rotatable bonds is 3. The van der Waals surface area contributed by atoms with Crippen LogP contribution in [-0.4, -0.2) is 23.1 Å². The molecule has 1 aliphatic rings. The van der Waals surface area contributed by atoms with Crippen molar-refractivity contribution < 1.29 is 4.74 Å². The topological polar surface area (TPSA) is 73.1 Å². The zero-order valence-electron chi connectivity index (χ0n) is 11.3. The van der Waals surface area contributed by atoms with Gasteiger partial charge in [-0.1, -0.05) is 26.7 Å². The molecule has 0 aliphatic heterocycles. The Hall–Kier alpha value is -1.52. The molecule has 3 N–H and O–H groups in total. The number of ether oxygens (including phenoxy) is 1. The van der Waals surface area contributed by atoms with Gasteiger partial charge in [0.25, 0.3) is 0 Å². The second-order valence-corrected chi connectivity index (χ2v) is 5.16. The van der Waals surface area contributed by atoms with E-state index in [0.29, 0.717) is 29.3 Å². The van der Waals surface area contributed by atoms with Gasteiger partial charge in [-0.05, 0) is 18.3 Å². The number of nitrogen functional groups attached to an aromatic ring is 1. The smallest absolute Gasteiger partial charge is 0.203 e. The molecule has 1 aliphatic carbocycles. The third-order valence-electron chi connectivity index (χ3n) is 4.06. The van der Waals surface area contributed by atoms with E-state index >= 15 is 0 Å². The number of nitrogens with zero attached hydrogens (tertiary/aromatic N) is 2. The van der Waals surface area contributed by atoms with Gasteiger partial charge >= 0.3 is 0 Å². The molecule has 0 bridgehead atoms. The predicted molar refractivity (Wildman–Crippen MR) is 72.6 cm³/mol. The Kier molecular flexibility index (Phi) is 3.89. The number of hydrogen-bond acceptors (Lipinski definition) is 5. The quantitative estimate of drug-likeness (QED) is 0.861. The Labute approximate surface area is 108 Å². The highest BCUT2D eigenvalue weighted by molar-refractivity contribution is 5.61. The molecule has 2 rings (SSSR count). The van der Waals surface area contributed by atoms with Crippen molar-refractivity contribution >= 4 is 11.6 Å². The van der Waals surface area contributed by atoms with E-state index in [2.05, 4.69) is 29.1 Å². The van der Waals surface area contributed by atoms with Crippen molar-refractivity contribution in [1.82, 2.24) is 9.97 Å². The van der Waals surface area contributed by atoms with Crippen molar-refractivity contribution in [3.63, 3.8) is 0 Å². The van der Waals surface area contributed by atoms with Gasteiger partial charge in [0, 0.05) is 6.04 Å².